The highest BCUT2D eigenvalue weighted by Crippen LogP contribution is 2.28. The second-order valence-electron chi connectivity index (χ2n) is 4.11. The summed E-state index contributed by atoms with van der Waals surface area (Å²) >= 11 is 5.93. The van der Waals surface area contributed by atoms with Gasteiger partial charge in [0.15, 0.2) is 0 Å². The van der Waals surface area contributed by atoms with Crippen molar-refractivity contribution in [3.8, 4) is 0 Å². The minimum atomic E-state index is -1.000. The first-order valence-corrected chi connectivity index (χ1v) is 5.71. The van der Waals surface area contributed by atoms with E-state index in [0.29, 0.717) is 18.7 Å². The first kappa shape index (κ1) is 11.9. The lowest BCUT2D eigenvalue weighted by Crippen LogP contribution is -2.25. The number of anilines is 1. The number of hydrogen-bond acceptors (Lipinski definition) is 2. The van der Waals surface area contributed by atoms with Crippen LogP contribution in [0, 0.1) is 6.92 Å². The smallest absolute Gasteiger partial charge is 0.335 e. The van der Waals surface area contributed by atoms with Gasteiger partial charge in [-0.15, -0.1) is 11.6 Å². The van der Waals surface area contributed by atoms with Gasteiger partial charge in [-0.25, -0.2) is 4.79 Å². The molecule has 0 aromatic heterocycles. The number of carboxylic acids is 1. The SMILES string of the molecule is Cc1ccc(C(=O)O)cc1N1CC(Cl)CC1=O. The zero-order valence-corrected chi connectivity index (χ0v) is 10.1. The molecule has 1 aromatic rings. The zero-order chi connectivity index (χ0) is 12.6. The molecule has 4 nitrogen and oxygen atoms in total. The maximum absolute atomic E-state index is 11.7. The normalized spacial score (nSPS) is 19.8. The van der Waals surface area contributed by atoms with Gasteiger partial charge < -0.3 is 10.0 Å². The monoisotopic (exact) mass is 253 g/mol. The van der Waals surface area contributed by atoms with Crippen LogP contribution in [0.3, 0.4) is 0 Å². The first-order chi connectivity index (χ1) is 7.99. The van der Waals surface area contributed by atoms with E-state index < -0.39 is 5.97 Å². The molecule has 1 amide bonds. The summed E-state index contributed by atoms with van der Waals surface area (Å²) in [5.41, 5.74) is 1.68. The third-order valence-electron chi connectivity index (χ3n) is 2.82. The van der Waals surface area contributed by atoms with Crippen LogP contribution in [0.25, 0.3) is 0 Å². The molecule has 1 aromatic carbocycles. The summed E-state index contributed by atoms with van der Waals surface area (Å²) in [4.78, 5) is 24.2. The predicted molar refractivity (Wildman–Crippen MR) is 64.7 cm³/mol. The maximum atomic E-state index is 11.7. The van der Waals surface area contributed by atoms with Crippen LogP contribution in [0.15, 0.2) is 18.2 Å². The van der Waals surface area contributed by atoms with Gasteiger partial charge in [0.05, 0.1) is 10.9 Å². The molecule has 0 aliphatic carbocycles. The molecule has 17 heavy (non-hydrogen) atoms. The number of carboxylic acid groups (broad SMARTS) is 1. The van der Waals surface area contributed by atoms with Gasteiger partial charge in [0.1, 0.15) is 0 Å². The number of nitrogens with zero attached hydrogens (tertiary/aromatic N) is 1. The topological polar surface area (TPSA) is 57.6 Å². The minimum Gasteiger partial charge on any atom is -0.478 e. The van der Waals surface area contributed by atoms with Crippen LogP contribution in [-0.2, 0) is 4.79 Å². The van der Waals surface area contributed by atoms with Crippen LogP contribution in [0.5, 0.6) is 0 Å². The van der Waals surface area contributed by atoms with Crippen molar-refractivity contribution >= 4 is 29.2 Å². The van der Waals surface area contributed by atoms with E-state index in [0.717, 1.165) is 5.56 Å². The quantitative estimate of drug-likeness (QED) is 0.821. The number of aryl methyl sites for hydroxylation is 1. The van der Waals surface area contributed by atoms with Crippen LogP contribution >= 0.6 is 11.6 Å². The Balaban J connectivity index is 2.41. The van der Waals surface area contributed by atoms with E-state index in [9.17, 15) is 9.59 Å². The number of halogens is 1. The van der Waals surface area contributed by atoms with E-state index in [4.69, 9.17) is 16.7 Å². The van der Waals surface area contributed by atoms with E-state index in [1.54, 1.807) is 11.0 Å². The number of carbonyl (C=O) groups is 2. The molecule has 0 spiro atoms. The summed E-state index contributed by atoms with van der Waals surface area (Å²) in [6.07, 6.45) is 0.304. The molecular formula is C12H12ClNO3. The average Bonchev–Trinajstić information content (AvgIpc) is 2.58. The van der Waals surface area contributed by atoms with Gasteiger partial charge in [-0.2, -0.15) is 0 Å². The van der Waals surface area contributed by atoms with Crippen LogP contribution < -0.4 is 4.90 Å². The fourth-order valence-corrected chi connectivity index (χ4v) is 2.20. The van der Waals surface area contributed by atoms with Crippen LogP contribution in [-0.4, -0.2) is 28.9 Å². The highest BCUT2D eigenvalue weighted by molar-refractivity contribution is 6.24. The van der Waals surface area contributed by atoms with Gasteiger partial charge in [0.25, 0.3) is 0 Å². The molecule has 5 heteroatoms. The summed E-state index contributed by atoms with van der Waals surface area (Å²) in [5, 5.41) is 8.73. The summed E-state index contributed by atoms with van der Waals surface area (Å²) in [6.45, 7) is 2.28. The van der Waals surface area contributed by atoms with Gasteiger partial charge in [0.2, 0.25) is 5.91 Å². The van der Waals surface area contributed by atoms with E-state index in [-0.39, 0.29) is 16.8 Å². The number of alkyl halides is 1. The van der Waals surface area contributed by atoms with E-state index in [1.165, 1.54) is 12.1 Å². The van der Waals surface area contributed by atoms with Crippen molar-refractivity contribution in [1.82, 2.24) is 0 Å². The van der Waals surface area contributed by atoms with Gasteiger partial charge >= 0.3 is 5.97 Å². The molecule has 1 atom stereocenters. The van der Waals surface area contributed by atoms with Crippen LogP contribution in [0.1, 0.15) is 22.3 Å². The Bertz CT molecular complexity index is 487. The molecule has 1 unspecified atom stereocenters. The highest BCUT2D eigenvalue weighted by Gasteiger charge is 2.30. The molecule has 0 bridgehead atoms. The van der Waals surface area contributed by atoms with Crippen molar-refractivity contribution in [2.75, 3.05) is 11.4 Å². The Hall–Kier alpha value is -1.55. The van der Waals surface area contributed by atoms with Gasteiger partial charge in [-0.3, -0.25) is 4.79 Å². The third-order valence-corrected chi connectivity index (χ3v) is 3.12. The number of benzene rings is 1. The predicted octanol–water partition coefficient (Wildman–Crippen LogP) is 2.04. The summed E-state index contributed by atoms with van der Waals surface area (Å²) in [7, 11) is 0. The lowest BCUT2D eigenvalue weighted by atomic mass is 10.1. The molecule has 1 aliphatic rings. The average molecular weight is 254 g/mol. The van der Waals surface area contributed by atoms with E-state index in [2.05, 4.69) is 0 Å². The van der Waals surface area contributed by atoms with Crippen LogP contribution in [0.2, 0.25) is 0 Å². The first-order valence-electron chi connectivity index (χ1n) is 5.27. The third kappa shape index (κ3) is 2.26. The fourth-order valence-electron chi connectivity index (χ4n) is 1.93. The van der Waals surface area contributed by atoms with Crippen molar-refractivity contribution in [3.63, 3.8) is 0 Å². The zero-order valence-electron chi connectivity index (χ0n) is 9.31. The standard InChI is InChI=1S/C12H12ClNO3/c1-7-2-3-8(12(16)17)4-10(7)14-6-9(13)5-11(14)15/h2-4,9H,5-6H2,1H3,(H,16,17). The van der Waals surface area contributed by atoms with Gasteiger partial charge in [0, 0.05) is 18.7 Å². The Morgan fingerprint density at radius 1 is 1.53 bits per heavy atom. The molecule has 1 aliphatic heterocycles. The molecule has 1 fully saturated rings. The Morgan fingerprint density at radius 3 is 2.76 bits per heavy atom. The lowest BCUT2D eigenvalue weighted by Gasteiger charge is -2.18. The second-order valence-corrected chi connectivity index (χ2v) is 4.73. The molecule has 1 saturated heterocycles. The summed E-state index contributed by atoms with van der Waals surface area (Å²) < 4.78 is 0. The summed E-state index contributed by atoms with van der Waals surface area (Å²) in [6, 6.07) is 4.75. The lowest BCUT2D eigenvalue weighted by molar-refractivity contribution is -0.117. The maximum Gasteiger partial charge on any atom is 0.335 e. The number of hydrogen-bond donors (Lipinski definition) is 1. The summed E-state index contributed by atoms with van der Waals surface area (Å²) in [5.74, 6) is -1.06. The number of aromatic carboxylic acids is 1. The number of amides is 1. The van der Waals surface area contributed by atoms with E-state index >= 15 is 0 Å². The number of carbonyl (C=O) groups excluding carboxylic acids is 1. The Kier molecular flexibility index (Phi) is 3.07. The fraction of sp³-hybridized carbons (Fsp3) is 0.333. The minimum absolute atomic E-state index is 0.0596. The van der Waals surface area contributed by atoms with Crippen molar-refractivity contribution in [3.05, 3.63) is 29.3 Å². The molecule has 0 saturated carbocycles. The molecular weight excluding hydrogens is 242 g/mol. The van der Waals surface area contributed by atoms with Gasteiger partial charge in [-0.05, 0) is 24.6 Å². The molecule has 1 heterocycles. The number of rotatable bonds is 2. The van der Waals surface area contributed by atoms with E-state index in [1.807, 2.05) is 6.92 Å². The molecule has 1 N–H and O–H groups in total. The van der Waals surface area contributed by atoms with Gasteiger partial charge in [-0.1, -0.05) is 6.07 Å². The second kappa shape index (κ2) is 4.37. The highest BCUT2D eigenvalue weighted by atomic mass is 35.5. The Labute approximate surface area is 104 Å². The molecule has 2 rings (SSSR count). The Morgan fingerprint density at radius 2 is 2.24 bits per heavy atom. The largest absolute Gasteiger partial charge is 0.478 e. The molecule has 90 valence electrons. The van der Waals surface area contributed by atoms with Crippen molar-refractivity contribution in [2.45, 2.75) is 18.7 Å². The molecule has 0 radical (unpaired) electrons. The van der Waals surface area contributed by atoms with Crippen molar-refractivity contribution < 1.29 is 14.7 Å². The van der Waals surface area contributed by atoms with Crippen LogP contribution in [0.4, 0.5) is 5.69 Å². The van der Waals surface area contributed by atoms with Crippen molar-refractivity contribution in [2.24, 2.45) is 0 Å². The van der Waals surface area contributed by atoms with Crippen molar-refractivity contribution in [1.29, 1.82) is 0 Å².